The van der Waals surface area contributed by atoms with E-state index in [0.29, 0.717) is 22.6 Å². The van der Waals surface area contributed by atoms with Crippen LogP contribution in [0.3, 0.4) is 0 Å². The van der Waals surface area contributed by atoms with Crippen molar-refractivity contribution in [2.45, 2.75) is 26.8 Å². The van der Waals surface area contributed by atoms with E-state index < -0.39 is 0 Å². The predicted octanol–water partition coefficient (Wildman–Crippen LogP) is 0.299. The molecule has 0 atom stereocenters. The van der Waals surface area contributed by atoms with E-state index in [1.807, 2.05) is 19.9 Å². The minimum atomic E-state index is 0.208. The third-order valence-electron chi connectivity index (χ3n) is 2.11. The van der Waals surface area contributed by atoms with Gasteiger partial charge in [0.05, 0.1) is 5.84 Å². The average Bonchev–Trinajstić information content (AvgIpc) is 2.29. The number of hydrogen-bond acceptors (Lipinski definition) is 4. The van der Waals surface area contributed by atoms with E-state index in [0.717, 1.165) is 5.22 Å². The van der Waals surface area contributed by atoms with Gasteiger partial charge in [0.2, 0.25) is 0 Å². The van der Waals surface area contributed by atoms with E-state index in [1.54, 1.807) is 19.2 Å². The van der Waals surface area contributed by atoms with Crippen molar-refractivity contribution in [3.63, 3.8) is 0 Å². The quantitative estimate of drug-likeness (QED) is 0.590. The van der Waals surface area contributed by atoms with Gasteiger partial charge in [0, 0.05) is 22.7 Å². The normalized spacial score (nSPS) is 12.6. The lowest BCUT2D eigenvalue weighted by Crippen LogP contribution is -2.30. The maximum absolute atomic E-state index is 8.95. The Hall–Kier alpha value is -2.35. The van der Waals surface area contributed by atoms with Gasteiger partial charge in [0.25, 0.3) is 0 Å². The molecular weight excluding hydrogens is 226 g/mol. The molecule has 18 heavy (non-hydrogen) atoms. The van der Waals surface area contributed by atoms with Gasteiger partial charge in [0.1, 0.15) is 17.6 Å². The smallest absolute Gasteiger partial charge is 0.143 e. The molecule has 1 heterocycles. The van der Waals surface area contributed by atoms with Gasteiger partial charge in [-0.1, -0.05) is 6.58 Å². The number of aliphatic imine (C=N–C) groups is 1. The maximum Gasteiger partial charge on any atom is 0.143 e. The van der Waals surface area contributed by atoms with Crippen molar-refractivity contribution in [3.05, 3.63) is 22.2 Å². The third kappa shape index (κ3) is 3.59. The molecule has 3 N–H and O–H groups in total. The van der Waals surface area contributed by atoms with Crippen LogP contribution in [0.5, 0.6) is 0 Å². The largest absolute Gasteiger partial charge is 0.387 e. The van der Waals surface area contributed by atoms with Gasteiger partial charge in [0.15, 0.2) is 0 Å². The molecule has 0 saturated carbocycles. The van der Waals surface area contributed by atoms with E-state index in [2.05, 4.69) is 21.9 Å². The molecule has 0 aliphatic rings. The minimum absolute atomic E-state index is 0.208. The second-order valence-electron chi connectivity index (χ2n) is 4.23. The first kappa shape index (κ1) is 13.7. The Morgan fingerprint density at radius 1 is 1.67 bits per heavy atom. The molecule has 0 spiro atoms. The van der Waals surface area contributed by atoms with Crippen LogP contribution in [0, 0.1) is 11.3 Å². The van der Waals surface area contributed by atoms with Crippen LogP contribution in [0.2, 0.25) is 0 Å². The summed E-state index contributed by atoms with van der Waals surface area (Å²) in [4.78, 5) is 8.20. The fourth-order valence-corrected chi connectivity index (χ4v) is 1.33. The van der Waals surface area contributed by atoms with Gasteiger partial charge < -0.3 is 11.1 Å². The third-order valence-corrected chi connectivity index (χ3v) is 2.11. The molecule has 0 unspecified atom stereocenters. The summed E-state index contributed by atoms with van der Waals surface area (Å²) in [6.07, 6.45) is 1.59. The average molecular weight is 243 g/mol. The standard InChI is InChI=1S/C13H17N5/c1-8(2)17-13-9(3)11(7-16-10(4)15)5-12(6-14)18-13/h5,7-8H,3H2,1-2,4H3,(H2,15,16)(H,17,18)/b11-7-. The molecule has 1 rings (SSSR count). The Bertz CT molecular complexity index is 603. The van der Waals surface area contributed by atoms with Crippen LogP contribution in [-0.2, 0) is 0 Å². The summed E-state index contributed by atoms with van der Waals surface area (Å²) in [5, 5.41) is 13.5. The van der Waals surface area contributed by atoms with Crippen molar-refractivity contribution in [1.82, 2.24) is 4.98 Å². The van der Waals surface area contributed by atoms with Gasteiger partial charge in [-0.15, -0.1) is 0 Å². The number of amidine groups is 1. The molecule has 0 fully saturated rings. The number of nitriles is 1. The first-order valence-electron chi connectivity index (χ1n) is 5.60. The maximum atomic E-state index is 8.95. The van der Waals surface area contributed by atoms with Crippen LogP contribution < -0.4 is 21.5 Å². The molecule has 1 aromatic heterocycles. The number of anilines is 1. The zero-order chi connectivity index (χ0) is 13.7. The van der Waals surface area contributed by atoms with Crippen LogP contribution >= 0.6 is 0 Å². The van der Waals surface area contributed by atoms with Crippen LogP contribution in [0.1, 0.15) is 26.5 Å². The number of aromatic nitrogens is 1. The molecule has 0 aliphatic carbocycles. The van der Waals surface area contributed by atoms with Gasteiger partial charge >= 0.3 is 0 Å². The Morgan fingerprint density at radius 2 is 2.33 bits per heavy atom. The SMILES string of the molecule is C=c1c(NC(C)C)nc(C#N)c/c1=C/N=C(\C)N. The van der Waals surface area contributed by atoms with Gasteiger partial charge in [-0.25, -0.2) is 9.98 Å². The number of nitrogens with two attached hydrogens (primary N) is 1. The number of nitrogens with zero attached hydrogens (tertiary/aromatic N) is 3. The monoisotopic (exact) mass is 243 g/mol. The summed E-state index contributed by atoms with van der Waals surface area (Å²) in [7, 11) is 0. The highest BCUT2D eigenvalue weighted by Gasteiger charge is 2.02. The first-order valence-corrected chi connectivity index (χ1v) is 5.60. The highest BCUT2D eigenvalue weighted by molar-refractivity contribution is 5.79. The lowest BCUT2D eigenvalue weighted by Gasteiger charge is -2.09. The van der Waals surface area contributed by atoms with Crippen molar-refractivity contribution in [2.24, 2.45) is 10.7 Å². The molecule has 1 aromatic rings. The molecule has 0 amide bonds. The lowest BCUT2D eigenvalue weighted by atomic mass is 10.2. The topological polar surface area (TPSA) is 87.1 Å². The molecule has 0 bridgehead atoms. The first-order chi connectivity index (χ1) is 8.43. The van der Waals surface area contributed by atoms with Crippen molar-refractivity contribution < 1.29 is 0 Å². The number of rotatable bonds is 3. The Morgan fingerprint density at radius 3 is 2.83 bits per heavy atom. The highest BCUT2D eigenvalue weighted by atomic mass is 15.0. The summed E-state index contributed by atoms with van der Waals surface area (Å²) < 4.78 is 0. The van der Waals surface area contributed by atoms with Gasteiger partial charge in [-0.05, 0) is 26.8 Å². The minimum Gasteiger partial charge on any atom is -0.387 e. The van der Waals surface area contributed by atoms with E-state index in [4.69, 9.17) is 11.0 Å². The Labute approximate surface area is 106 Å². The number of pyridine rings is 1. The molecular formula is C13H17N5. The molecule has 5 nitrogen and oxygen atoms in total. The van der Waals surface area contributed by atoms with Crippen LogP contribution in [0.4, 0.5) is 5.82 Å². The summed E-state index contributed by atoms with van der Waals surface area (Å²) in [6.45, 7) is 9.63. The van der Waals surface area contributed by atoms with Crippen molar-refractivity contribution in [3.8, 4) is 6.07 Å². The zero-order valence-corrected chi connectivity index (χ0v) is 10.9. The summed E-state index contributed by atoms with van der Waals surface area (Å²) >= 11 is 0. The van der Waals surface area contributed by atoms with Crippen LogP contribution in [0.15, 0.2) is 11.1 Å². The fourth-order valence-electron chi connectivity index (χ4n) is 1.33. The molecule has 0 aliphatic heterocycles. The summed E-state index contributed by atoms with van der Waals surface area (Å²) in [6, 6.07) is 3.86. The molecule has 0 radical (unpaired) electrons. The zero-order valence-electron chi connectivity index (χ0n) is 10.9. The number of nitrogens with one attached hydrogen (secondary N) is 1. The van der Waals surface area contributed by atoms with Gasteiger partial charge in [-0.3, -0.25) is 0 Å². The van der Waals surface area contributed by atoms with Crippen molar-refractivity contribution >= 4 is 24.4 Å². The lowest BCUT2D eigenvalue weighted by molar-refractivity contribution is 0.885. The number of hydrogen-bond donors (Lipinski definition) is 2. The van der Waals surface area contributed by atoms with E-state index in [9.17, 15) is 0 Å². The van der Waals surface area contributed by atoms with E-state index in [-0.39, 0.29) is 6.04 Å². The Kier molecular flexibility index (Phi) is 4.44. The predicted molar refractivity (Wildman–Crippen MR) is 74.2 cm³/mol. The Balaban J connectivity index is 3.45. The van der Waals surface area contributed by atoms with Crippen molar-refractivity contribution in [1.29, 1.82) is 5.26 Å². The molecule has 5 heteroatoms. The van der Waals surface area contributed by atoms with Crippen LogP contribution in [0.25, 0.3) is 12.8 Å². The highest BCUT2D eigenvalue weighted by Crippen LogP contribution is 1.97. The second kappa shape index (κ2) is 5.82. The second-order valence-corrected chi connectivity index (χ2v) is 4.23. The summed E-state index contributed by atoms with van der Waals surface area (Å²) in [5.41, 5.74) is 5.80. The molecule has 94 valence electrons. The molecule has 0 aromatic carbocycles. The van der Waals surface area contributed by atoms with Crippen molar-refractivity contribution in [2.75, 3.05) is 5.32 Å². The molecule has 0 saturated heterocycles. The van der Waals surface area contributed by atoms with E-state index >= 15 is 0 Å². The summed E-state index contributed by atoms with van der Waals surface area (Å²) in [5.74, 6) is 1.04. The fraction of sp³-hybridized carbons (Fsp3) is 0.308. The van der Waals surface area contributed by atoms with Crippen LogP contribution in [-0.4, -0.2) is 16.9 Å². The van der Waals surface area contributed by atoms with E-state index in [1.165, 1.54) is 0 Å². The van der Waals surface area contributed by atoms with Gasteiger partial charge in [-0.2, -0.15) is 5.26 Å².